The summed E-state index contributed by atoms with van der Waals surface area (Å²) in [6.07, 6.45) is 2.65. The molecule has 0 aromatic carbocycles. The van der Waals surface area contributed by atoms with Gasteiger partial charge < -0.3 is 10.2 Å². The third-order valence-electron chi connectivity index (χ3n) is 2.91. The molecule has 5 heteroatoms. The Labute approximate surface area is 115 Å². The molecule has 0 aliphatic carbocycles. The van der Waals surface area contributed by atoms with E-state index in [2.05, 4.69) is 41.8 Å². The Morgan fingerprint density at radius 3 is 2.72 bits per heavy atom. The zero-order valence-corrected chi connectivity index (χ0v) is 12.4. The molecule has 2 aromatic rings. The first-order valence-electron chi connectivity index (χ1n) is 6.11. The van der Waals surface area contributed by atoms with Gasteiger partial charge in [0.2, 0.25) is 0 Å². The number of rotatable bonds is 4. The molecule has 2 rings (SSSR count). The summed E-state index contributed by atoms with van der Waals surface area (Å²) in [5.74, 6) is 1.72. The van der Waals surface area contributed by atoms with E-state index >= 15 is 0 Å². The van der Waals surface area contributed by atoms with Crippen LogP contribution in [0.5, 0.6) is 0 Å². The maximum Gasteiger partial charge on any atom is 0.127 e. The van der Waals surface area contributed by atoms with Crippen LogP contribution in [0.15, 0.2) is 27.2 Å². The maximum atomic E-state index is 6.28. The first kappa shape index (κ1) is 13.4. The van der Waals surface area contributed by atoms with E-state index in [-0.39, 0.29) is 12.1 Å². The van der Waals surface area contributed by atoms with Crippen molar-refractivity contribution in [1.29, 1.82) is 0 Å². The molecule has 2 heterocycles. The first-order chi connectivity index (χ1) is 8.54. The molecule has 0 radical (unpaired) electrons. The topological polar surface area (TPSA) is 57.0 Å². The van der Waals surface area contributed by atoms with Gasteiger partial charge in [-0.1, -0.05) is 6.92 Å². The van der Waals surface area contributed by atoms with E-state index in [1.165, 1.54) is 0 Å². The number of aromatic nitrogens is 2. The van der Waals surface area contributed by atoms with Crippen molar-refractivity contribution in [2.75, 3.05) is 0 Å². The Morgan fingerprint density at radius 1 is 1.44 bits per heavy atom. The fraction of sp³-hybridized carbons (Fsp3) is 0.462. The minimum absolute atomic E-state index is 0.262. The third-order valence-corrected chi connectivity index (χ3v) is 3.52. The molecule has 2 N–H and O–H groups in total. The number of furan rings is 1. The summed E-state index contributed by atoms with van der Waals surface area (Å²) in [5, 5.41) is 4.34. The van der Waals surface area contributed by atoms with Crippen molar-refractivity contribution < 1.29 is 4.42 Å². The lowest BCUT2D eigenvalue weighted by Crippen LogP contribution is -2.18. The number of nitrogens with two attached hydrogens (primary N) is 1. The minimum atomic E-state index is -0.301. The predicted octanol–water partition coefficient (Wildman–Crippen LogP) is 3.43. The van der Waals surface area contributed by atoms with Crippen LogP contribution in [0, 0.1) is 0 Å². The van der Waals surface area contributed by atoms with Crippen molar-refractivity contribution in [3.8, 4) is 0 Å². The van der Waals surface area contributed by atoms with Crippen molar-refractivity contribution in [3.05, 3.63) is 40.0 Å². The van der Waals surface area contributed by atoms with Crippen LogP contribution in [-0.2, 0) is 6.42 Å². The molecule has 0 aliphatic rings. The van der Waals surface area contributed by atoms with Gasteiger partial charge in [-0.05, 0) is 41.9 Å². The van der Waals surface area contributed by atoms with E-state index in [0.29, 0.717) is 0 Å². The quantitative estimate of drug-likeness (QED) is 0.941. The molecule has 4 nitrogen and oxygen atoms in total. The Bertz CT molecular complexity index is 530. The second kappa shape index (κ2) is 5.28. The molecule has 2 aromatic heterocycles. The van der Waals surface area contributed by atoms with E-state index in [0.717, 1.165) is 28.1 Å². The van der Waals surface area contributed by atoms with E-state index in [9.17, 15) is 0 Å². The summed E-state index contributed by atoms with van der Waals surface area (Å²) < 4.78 is 8.56. The molecule has 98 valence electrons. The molecule has 0 saturated heterocycles. The summed E-state index contributed by atoms with van der Waals surface area (Å²) in [6.45, 7) is 6.22. The van der Waals surface area contributed by atoms with Gasteiger partial charge in [-0.15, -0.1) is 0 Å². The average molecular weight is 312 g/mol. The second-order valence-electron chi connectivity index (χ2n) is 4.55. The highest BCUT2D eigenvalue weighted by Crippen LogP contribution is 2.29. The van der Waals surface area contributed by atoms with Crippen molar-refractivity contribution in [1.82, 2.24) is 9.78 Å². The maximum absolute atomic E-state index is 6.28. The number of aryl methyl sites for hydroxylation is 1. The third kappa shape index (κ3) is 2.37. The standard InChI is InChI=1S/C13H18BrN3O/c1-4-9-5-6-11(18-9)12(15)13-10(14)7-16-17(13)8(2)3/h5-8,12H,4,15H2,1-3H3. The van der Waals surface area contributed by atoms with Crippen LogP contribution in [0.1, 0.15) is 50.1 Å². The molecule has 0 spiro atoms. The lowest BCUT2D eigenvalue weighted by Gasteiger charge is -2.15. The number of nitrogens with zero attached hydrogens (tertiary/aromatic N) is 2. The zero-order chi connectivity index (χ0) is 13.3. The van der Waals surface area contributed by atoms with Gasteiger partial charge in [0.15, 0.2) is 0 Å². The van der Waals surface area contributed by atoms with Crippen molar-refractivity contribution in [2.45, 2.75) is 39.3 Å². The van der Waals surface area contributed by atoms with Crippen molar-refractivity contribution >= 4 is 15.9 Å². The van der Waals surface area contributed by atoms with Gasteiger partial charge in [0.25, 0.3) is 0 Å². The molecule has 1 unspecified atom stereocenters. The van der Waals surface area contributed by atoms with E-state index in [1.807, 2.05) is 16.8 Å². The SMILES string of the molecule is CCc1ccc(C(N)c2c(Br)cnn2C(C)C)o1. The van der Waals surface area contributed by atoms with Gasteiger partial charge in [-0.25, -0.2) is 0 Å². The highest BCUT2D eigenvalue weighted by molar-refractivity contribution is 9.10. The molecule has 18 heavy (non-hydrogen) atoms. The largest absolute Gasteiger partial charge is 0.464 e. The van der Waals surface area contributed by atoms with Crippen LogP contribution < -0.4 is 5.73 Å². The molecular weight excluding hydrogens is 294 g/mol. The van der Waals surface area contributed by atoms with Crippen LogP contribution in [0.4, 0.5) is 0 Å². The van der Waals surface area contributed by atoms with Crippen LogP contribution >= 0.6 is 15.9 Å². The average Bonchev–Trinajstić information content (AvgIpc) is 2.94. The Hall–Kier alpha value is -1.07. The molecule has 0 bridgehead atoms. The fourth-order valence-electron chi connectivity index (χ4n) is 1.94. The molecule has 0 saturated carbocycles. The summed E-state index contributed by atoms with van der Waals surface area (Å²) >= 11 is 3.50. The molecule has 1 atom stereocenters. The highest BCUT2D eigenvalue weighted by atomic mass is 79.9. The normalized spacial score (nSPS) is 13.2. The van der Waals surface area contributed by atoms with Gasteiger partial charge in [0.05, 0.1) is 16.4 Å². The summed E-state index contributed by atoms with van der Waals surface area (Å²) in [7, 11) is 0. The van der Waals surface area contributed by atoms with Gasteiger partial charge >= 0.3 is 0 Å². The van der Waals surface area contributed by atoms with Gasteiger partial charge in [-0.3, -0.25) is 4.68 Å². The minimum Gasteiger partial charge on any atom is -0.464 e. The van der Waals surface area contributed by atoms with E-state index in [4.69, 9.17) is 10.2 Å². The molecular formula is C13H18BrN3O. The Balaban J connectivity index is 2.38. The van der Waals surface area contributed by atoms with Gasteiger partial charge in [-0.2, -0.15) is 5.10 Å². The van der Waals surface area contributed by atoms with E-state index in [1.54, 1.807) is 6.20 Å². The highest BCUT2D eigenvalue weighted by Gasteiger charge is 2.22. The smallest absolute Gasteiger partial charge is 0.127 e. The lowest BCUT2D eigenvalue weighted by molar-refractivity contribution is 0.431. The van der Waals surface area contributed by atoms with Gasteiger partial charge in [0, 0.05) is 12.5 Å². The van der Waals surface area contributed by atoms with Crippen LogP contribution in [0.25, 0.3) is 0 Å². The monoisotopic (exact) mass is 311 g/mol. The Kier molecular flexibility index (Phi) is 3.92. The summed E-state index contributed by atoms with van der Waals surface area (Å²) in [5.41, 5.74) is 7.23. The number of hydrogen-bond acceptors (Lipinski definition) is 3. The van der Waals surface area contributed by atoms with Crippen LogP contribution in [-0.4, -0.2) is 9.78 Å². The Morgan fingerprint density at radius 2 is 2.17 bits per heavy atom. The molecule has 0 fully saturated rings. The number of hydrogen-bond donors (Lipinski definition) is 1. The predicted molar refractivity (Wildman–Crippen MR) is 74.4 cm³/mol. The lowest BCUT2D eigenvalue weighted by atomic mass is 10.1. The van der Waals surface area contributed by atoms with Crippen molar-refractivity contribution in [3.63, 3.8) is 0 Å². The second-order valence-corrected chi connectivity index (χ2v) is 5.41. The fourth-order valence-corrected chi connectivity index (χ4v) is 2.46. The number of halogens is 1. The zero-order valence-electron chi connectivity index (χ0n) is 10.9. The first-order valence-corrected chi connectivity index (χ1v) is 6.91. The van der Waals surface area contributed by atoms with Gasteiger partial charge in [0.1, 0.15) is 17.6 Å². The summed E-state index contributed by atoms with van der Waals surface area (Å²) in [4.78, 5) is 0. The van der Waals surface area contributed by atoms with Crippen LogP contribution in [0.2, 0.25) is 0 Å². The molecule has 0 amide bonds. The molecule has 0 aliphatic heterocycles. The van der Waals surface area contributed by atoms with Crippen LogP contribution in [0.3, 0.4) is 0 Å². The van der Waals surface area contributed by atoms with Crippen molar-refractivity contribution in [2.24, 2.45) is 5.73 Å². The summed E-state index contributed by atoms with van der Waals surface area (Å²) in [6, 6.07) is 3.87. The van der Waals surface area contributed by atoms with E-state index < -0.39 is 0 Å².